The SMILES string of the molecule is CN1CCC([S+](C)[O-])CC1. The summed E-state index contributed by atoms with van der Waals surface area (Å²) in [5.74, 6) is 0. The monoisotopic (exact) mass is 161 g/mol. The molecule has 0 amide bonds. The van der Waals surface area contributed by atoms with Crippen molar-refractivity contribution in [3.63, 3.8) is 0 Å². The highest BCUT2D eigenvalue weighted by atomic mass is 32.2. The Kier molecular flexibility index (Phi) is 3.01. The minimum Gasteiger partial charge on any atom is -0.616 e. The summed E-state index contributed by atoms with van der Waals surface area (Å²) < 4.78 is 11.0. The summed E-state index contributed by atoms with van der Waals surface area (Å²) in [4.78, 5) is 2.30. The van der Waals surface area contributed by atoms with Gasteiger partial charge in [0.2, 0.25) is 0 Å². The van der Waals surface area contributed by atoms with Crippen LogP contribution in [0.15, 0.2) is 0 Å². The molecule has 1 aliphatic heterocycles. The van der Waals surface area contributed by atoms with Crippen LogP contribution >= 0.6 is 0 Å². The zero-order valence-electron chi connectivity index (χ0n) is 6.67. The molecule has 1 atom stereocenters. The highest BCUT2D eigenvalue weighted by Crippen LogP contribution is 2.15. The average Bonchev–Trinajstić information content (AvgIpc) is 1.88. The Labute approximate surface area is 65.8 Å². The van der Waals surface area contributed by atoms with E-state index >= 15 is 0 Å². The van der Waals surface area contributed by atoms with Gasteiger partial charge in [-0.1, -0.05) is 11.2 Å². The van der Waals surface area contributed by atoms with Crippen LogP contribution in [0.5, 0.6) is 0 Å². The molecule has 3 heteroatoms. The van der Waals surface area contributed by atoms with Crippen molar-refractivity contribution >= 4 is 11.2 Å². The summed E-state index contributed by atoms with van der Waals surface area (Å²) in [6, 6.07) is 0. The first kappa shape index (κ1) is 8.37. The third-order valence-electron chi connectivity index (χ3n) is 2.14. The lowest BCUT2D eigenvalue weighted by molar-refractivity contribution is 0.278. The second kappa shape index (κ2) is 3.60. The zero-order chi connectivity index (χ0) is 7.56. The summed E-state index contributed by atoms with van der Waals surface area (Å²) in [6.07, 6.45) is 4.04. The van der Waals surface area contributed by atoms with Crippen molar-refractivity contribution in [2.24, 2.45) is 0 Å². The number of rotatable bonds is 1. The smallest absolute Gasteiger partial charge is 0.117 e. The molecule has 1 fully saturated rings. The largest absolute Gasteiger partial charge is 0.616 e. The van der Waals surface area contributed by atoms with Crippen LogP contribution in [0.2, 0.25) is 0 Å². The van der Waals surface area contributed by atoms with Crippen LogP contribution < -0.4 is 0 Å². The normalized spacial score (nSPS) is 26.7. The Hall–Kier alpha value is 0.270. The Morgan fingerprint density at radius 3 is 2.30 bits per heavy atom. The molecule has 1 saturated heterocycles. The van der Waals surface area contributed by atoms with Gasteiger partial charge in [-0.25, -0.2) is 0 Å². The van der Waals surface area contributed by atoms with Gasteiger partial charge in [-0.3, -0.25) is 0 Å². The minimum atomic E-state index is -0.594. The Balaban J connectivity index is 2.26. The molecule has 2 nitrogen and oxygen atoms in total. The van der Waals surface area contributed by atoms with Crippen LogP contribution in [0.4, 0.5) is 0 Å². The van der Waals surface area contributed by atoms with Crippen molar-refractivity contribution in [1.82, 2.24) is 4.90 Å². The van der Waals surface area contributed by atoms with E-state index in [1.54, 1.807) is 0 Å². The molecule has 0 aliphatic carbocycles. The molecule has 1 aliphatic rings. The Bertz CT molecular complexity index is 99.8. The fourth-order valence-corrected chi connectivity index (χ4v) is 2.19. The molecular formula is C7H15NOS. The summed E-state index contributed by atoms with van der Waals surface area (Å²) in [6.45, 7) is 2.23. The van der Waals surface area contributed by atoms with E-state index in [0.717, 1.165) is 25.9 Å². The molecule has 0 radical (unpaired) electrons. The molecule has 10 heavy (non-hydrogen) atoms. The van der Waals surface area contributed by atoms with Gasteiger partial charge in [0.05, 0.1) is 6.26 Å². The Morgan fingerprint density at radius 1 is 1.40 bits per heavy atom. The molecule has 1 rings (SSSR count). The van der Waals surface area contributed by atoms with E-state index in [-0.39, 0.29) is 0 Å². The fourth-order valence-electron chi connectivity index (χ4n) is 1.32. The van der Waals surface area contributed by atoms with E-state index in [0.29, 0.717) is 5.25 Å². The van der Waals surface area contributed by atoms with E-state index in [1.165, 1.54) is 0 Å². The minimum absolute atomic E-state index is 0.469. The van der Waals surface area contributed by atoms with E-state index in [1.807, 2.05) is 6.26 Å². The van der Waals surface area contributed by atoms with Crippen LogP contribution in [0.3, 0.4) is 0 Å². The highest BCUT2D eigenvalue weighted by molar-refractivity contribution is 7.91. The van der Waals surface area contributed by atoms with Gasteiger partial charge in [0, 0.05) is 25.9 Å². The van der Waals surface area contributed by atoms with Gasteiger partial charge in [0.15, 0.2) is 0 Å². The third-order valence-corrected chi connectivity index (χ3v) is 3.55. The van der Waals surface area contributed by atoms with Crippen molar-refractivity contribution in [2.45, 2.75) is 18.1 Å². The number of likely N-dealkylation sites (tertiary alicyclic amines) is 1. The number of hydrogen-bond acceptors (Lipinski definition) is 2. The van der Waals surface area contributed by atoms with Crippen molar-refractivity contribution in [1.29, 1.82) is 0 Å². The summed E-state index contributed by atoms with van der Waals surface area (Å²) in [7, 11) is 2.12. The van der Waals surface area contributed by atoms with Crippen molar-refractivity contribution in [3.8, 4) is 0 Å². The van der Waals surface area contributed by atoms with E-state index in [2.05, 4.69) is 11.9 Å². The van der Waals surface area contributed by atoms with E-state index in [4.69, 9.17) is 0 Å². The van der Waals surface area contributed by atoms with Gasteiger partial charge in [-0.2, -0.15) is 0 Å². The second-order valence-corrected chi connectivity index (χ2v) is 4.67. The molecule has 60 valence electrons. The molecule has 0 aromatic rings. The van der Waals surface area contributed by atoms with Crippen LogP contribution in [-0.2, 0) is 11.2 Å². The molecule has 0 saturated carbocycles. The first-order valence-electron chi connectivity index (χ1n) is 3.71. The molecule has 0 bridgehead atoms. The molecule has 0 aromatic carbocycles. The van der Waals surface area contributed by atoms with Crippen LogP contribution in [-0.4, -0.2) is 41.1 Å². The van der Waals surface area contributed by atoms with Crippen LogP contribution in [0.1, 0.15) is 12.8 Å². The average molecular weight is 161 g/mol. The number of nitrogens with zero attached hydrogens (tertiary/aromatic N) is 1. The second-order valence-electron chi connectivity index (χ2n) is 3.00. The maximum absolute atomic E-state index is 11.0. The number of hydrogen-bond donors (Lipinski definition) is 0. The van der Waals surface area contributed by atoms with Crippen molar-refractivity contribution in [3.05, 3.63) is 0 Å². The molecular weight excluding hydrogens is 146 g/mol. The predicted molar refractivity (Wildman–Crippen MR) is 44.6 cm³/mol. The lowest BCUT2D eigenvalue weighted by atomic mass is 10.1. The predicted octanol–water partition coefficient (Wildman–Crippen LogP) is 0.459. The first-order valence-corrected chi connectivity index (χ1v) is 5.33. The molecule has 1 heterocycles. The molecule has 1 unspecified atom stereocenters. The summed E-state index contributed by atoms with van der Waals surface area (Å²) in [5.41, 5.74) is 0. The quantitative estimate of drug-likeness (QED) is 0.522. The topological polar surface area (TPSA) is 26.3 Å². The van der Waals surface area contributed by atoms with Gasteiger partial charge in [-0.05, 0) is 7.05 Å². The summed E-state index contributed by atoms with van der Waals surface area (Å²) >= 11 is -0.594. The maximum Gasteiger partial charge on any atom is 0.117 e. The Morgan fingerprint density at radius 2 is 1.90 bits per heavy atom. The third kappa shape index (κ3) is 2.15. The lowest BCUT2D eigenvalue weighted by Gasteiger charge is -2.28. The molecule has 0 aromatic heterocycles. The standard InChI is InChI=1S/C7H15NOS/c1-8-5-3-7(4-6-8)10(2)9/h7H,3-6H2,1-2H3. The zero-order valence-corrected chi connectivity index (χ0v) is 7.49. The van der Waals surface area contributed by atoms with E-state index < -0.39 is 11.2 Å². The van der Waals surface area contributed by atoms with Crippen LogP contribution in [0.25, 0.3) is 0 Å². The maximum atomic E-state index is 11.0. The van der Waals surface area contributed by atoms with Crippen LogP contribution in [0, 0.1) is 0 Å². The van der Waals surface area contributed by atoms with Crippen molar-refractivity contribution < 1.29 is 4.55 Å². The van der Waals surface area contributed by atoms with Gasteiger partial charge in [0.25, 0.3) is 0 Å². The number of piperidine rings is 1. The summed E-state index contributed by atoms with van der Waals surface area (Å²) in [5, 5.41) is 0.469. The fraction of sp³-hybridized carbons (Fsp3) is 1.00. The first-order chi connectivity index (χ1) is 4.70. The highest BCUT2D eigenvalue weighted by Gasteiger charge is 2.23. The van der Waals surface area contributed by atoms with E-state index in [9.17, 15) is 4.55 Å². The van der Waals surface area contributed by atoms with Gasteiger partial charge < -0.3 is 9.45 Å². The van der Waals surface area contributed by atoms with Gasteiger partial charge in [0.1, 0.15) is 5.25 Å². The van der Waals surface area contributed by atoms with Gasteiger partial charge >= 0.3 is 0 Å². The molecule has 0 N–H and O–H groups in total. The lowest BCUT2D eigenvalue weighted by Crippen LogP contribution is -2.36. The van der Waals surface area contributed by atoms with Crippen molar-refractivity contribution in [2.75, 3.05) is 26.4 Å². The van der Waals surface area contributed by atoms with Gasteiger partial charge in [-0.15, -0.1) is 0 Å². The molecule has 0 spiro atoms.